The molecule has 2 aromatic carbocycles. The minimum Gasteiger partial charge on any atom is -0.497 e. The number of nitrogens with zero attached hydrogens (tertiary/aromatic N) is 1. The fourth-order valence-electron chi connectivity index (χ4n) is 2.59. The first kappa shape index (κ1) is 18.2. The monoisotopic (exact) mass is 365 g/mol. The molecule has 138 valence electrons. The van der Waals surface area contributed by atoms with Gasteiger partial charge in [-0.3, -0.25) is 9.59 Å². The molecule has 1 heterocycles. The van der Waals surface area contributed by atoms with E-state index in [1.165, 1.54) is 7.05 Å². The highest BCUT2D eigenvalue weighted by Gasteiger charge is 2.14. The summed E-state index contributed by atoms with van der Waals surface area (Å²) in [5, 5.41) is 9.24. The second-order valence-corrected chi connectivity index (χ2v) is 5.76. The number of hydrogen-bond donors (Lipinski definition) is 2. The maximum Gasteiger partial charge on any atom is 0.253 e. The van der Waals surface area contributed by atoms with Crippen LogP contribution in [0, 0.1) is 0 Å². The Balaban J connectivity index is 1.71. The van der Waals surface area contributed by atoms with Gasteiger partial charge in [0.1, 0.15) is 5.75 Å². The Morgan fingerprint density at radius 1 is 1.11 bits per heavy atom. The van der Waals surface area contributed by atoms with Gasteiger partial charge in [0.05, 0.1) is 30.5 Å². The number of ether oxygens (including phenoxy) is 1. The van der Waals surface area contributed by atoms with Gasteiger partial charge in [0.2, 0.25) is 5.91 Å². The Kier molecular flexibility index (Phi) is 5.51. The van der Waals surface area contributed by atoms with E-state index in [1.54, 1.807) is 37.4 Å². The van der Waals surface area contributed by atoms with Crippen LogP contribution in [0.2, 0.25) is 0 Å². The highest BCUT2D eigenvalue weighted by Crippen LogP contribution is 2.24. The van der Waals surface area contributed by atoms with Gasteiger partial charge >= 0.3 is 0 Å². The zero-order valence-corrected chi connectivity index (χ0v) is 15.0. The molecule has 0 aliphatic rings. The molecule has 0 saturated heterocycles. The van der Waals surface area contributed by atoms with Crippen LogP contribution in [0.3, 0.4) is 0 Å². The number of nitrogens with one attached hydrogen (secondary N) is 2. The normalized spacial score (nSPS) is 10.3. The van der Waals surface area contributed by atoms with Gasteiger partial charge < -0.3 is 19.9 Å². The van der Waals surface area contributed by atoms with E-state index in [2.05, 4.69) is 15.8 Å². The molecule has 7 heteroatoms. The standard InChI is InChI=1S/C20H19N3O4/c1-21-20(25)16-8-3-4-9-17(16)22-19(24)12-14-11-18(27-23-14)13-6-5-7-15(10-13)26-2/h3-11H,12H2,1-2H3,(H,21,25)(H,22,24). The van der Waals surface area contributed by atoms with Crippen molar-refractivity contribution < 1.29 is 18.8 Å². The molecule has 3 rings (SSSR count). The molecule has 7 nitrogen and oxygen atoms in total. The van der Waals surface area contributed by atoms with Gasteiger partial charge in [0, 0.05) is 18.7 Å². The quantitative estimate of drug-likeness (QED) is 0.701. The molecule has 0 fully saturated rings. The molecule has 2 amide bonds. The molecule has 0 radical (unpaired) electrons. The second-order valence-electron chi connectivity index (χ2n) is 5.76. The van der Waals surface area contributed by atoms with Crippen molar-refractivity contribution in [1.82, 2.24) is 10.5 Å². The average molecular weight is 365 g/mol. The number of amides is 2. The molecule has 1 aromatic heterocycles. The molecular weight excluding hydrogens is 346 g/mol. The molecule has 0 spiro atoms. The number of carbonyl (C=O) groups excluding carboxylic acids is 2. The summed E-state index contributed by atoms with van der Waals surface area (Å²) in [4.78, 5) is 24.2. The molecule has 0 bridgehead atoms. The summed E-state index contributed by atoms with van der Waals surface area (Å²) in [6, 6.07) is 15.9. The first-order valence-electron chi connectivity index (χ1n) is 8.31. The van der Waals surface area contributed by atoms with Crippen molar-refractivity contribution in [2.45, 2.75) is 6.42 Å². The molecular formula is C20H19N3O4. The maximum absolute atomic E-state index is 12.3. The zero-order valence-electron chi connectivity index (χ0n) is 15.0. The minimum absolute atomic E-state index is 0.0234. The summed E-state index contributed by atoms with van der Waals surface area (Å²) in [6.07, 6.45) is 0.0234. The first-order chi connectivity index (χ1) is 13.1. The van der Waals surface area contributed by atoms with E-state index < -0.39 is 0 Å². The van der Waals surface area contributed by atoms with Gasteiger partial charge in [0.25, 0.3) is 5.91 Å². The summed E-state index contributed by atoms with van der Waals surface area (Å²) in [5.41, 5.74) is 2.13. The maximum atomic E-state index is 12.3. The third kappa shape index (κ3) is 4.33. The van der Waals surface area contributed by atoms with Crippen LogP contribution >= 0.6 is 0 Å². The van der Waals surface area contributed by atoms with E-state index in [4.69, 9.17) is 9.26 Å². The van der Waals surface area contributed by atoms with Crippen LogP contribution < -0.4 is 15.4 Å². The summed E-state index contributed by atoms with van der Waals surface area (Å²) in [7, 11) is 3.13. The number of methoxy groups -OCH3 is 1. The average Bonchev–Trinajstić information content (AvgIpc) is 3.16. The van der Waals surface area contributed by atoms with Crippen molar-refractivity contribution in [3.05, 3.63) is 65.9 Å². The highest BCUT2D eigenvalue weighted by atomic mass is 16.5. The van der Waals surface area contributed by atoms with Gasteiger partial charge in [0.15, 0.2) is 5.76 Å². The lowest BCUT2D eigenvalue weighted by atomic mass is 10.1. The third-order valence-corrected chi connectivity index (χ3v) is 3.93. The van der Waals surface area contributed by atoms with Crippen molar-refractivity contribution in [2.75, 3.05) is 19.5 Å². The molecule has 0 aliphatic heterocycles. The van der Waals surface area contributed by atoms with Crippen molar-refractivity contribution in [3.63, 3.8) is 0 Å². The Labute approximate surface area is 156 Å². The van der Waals surface area contributed by atoms with Crippen LogP contribution in [0.5, 0.6) is 5.75 Å². The Hall–Kier alpha value is -3.61. The molecule has 2 N–H and O–H groups in total. The van der Waals surface area contributed by atoms with E-state index in [0.717, 1.165) is 5.56 Å². The molecule has 0 saturated carbocycles. The van der Waals surface area contributed by atoms with E-state index in [9.17, 15) is 9.59 Å². The van der Waals surface area contributed by atoms with Crippen LogP contribution in [0.1, 0.15) is 16.1 Å². The first-order valence-corrected chi connectivity index (χ1v) is 8.31. The largest absolute Gasteiger partial charge is 0.497 e. The van der Waals surface area contributed by atoms with Crippen LogP contribution in [-0.4, -0.2) is 31.1 Å². The summed E-state index contributed by atoms with van der Waals surface area (Å²) < 4.78 is 10.5. The van der Waals surface area contributed by atoms with Crippen molar-refractivity contribution in [2.24, 2.45) is 0 Å². The summed E-state index contributed by atoms with van der Waals surface area (Å²) in [6.45, 7) is 0. The fraction of sp³-hybridized carbons (Fsp3) is 0.150. The lowest BCUT2D eigenvalue weighted by Crippen LogP contribution is -2.22. The van der Waals surface area contributed by atoms with Crippen molar-refractivity contribution >= 4 is 17.5 Å². The molecule has 0 unspecified atom stereocenters. The summed E-state index contributed by atoms with van der Waals surface area (Å²) >= 11 is 0. The van der Waals surface area contributed by atoms with E-state index >= 15 is 0 Å². The van der Waals surface area contributed by atoms with Crippen LogP contribution in [0.25, 0.3) is 11.3 Å². The highest BCUT2D eigenvalue weighted by molar-refractivity contribution is 6.03. The van der Waals surface area contributed by atoms with Gasteiger partial charge in [-0.25, -0.2) is 0 Å². The molecule has 0 atom stereocenters. The second kappa shape index (κ2) is 8.18. The SMILES string of the molecule is CNC(=O)c1ccccc1NC(=O)Cc1cc(-c2cccc(OC)c2)on1. The number of hydrogen-bond acceptors (Lipinski definition) is 5. The predicted octanol–water partition coefficient (Wildman–Crippen LogP) is 2.89. The van der Waals surface area contributed by atoms with Crippen molar-refractivity contribution in [3.8, 4) is 17.1 Å². The number of benzene rings is 2. The number of para-hydroxylation sites is 1. The van der Waals surface area contributed by atoms with Gasteiger partial charge in [-0.1, -0.05) is 29.4 Å². The molecule has 27 heavy (non-hydrogen) atoms. The minimum atomic E-state index is -0.295. The smallest absolute Gasteiger partial charge is 0.253 e. The topological polar surface area (TPSA) is 93.5 Å². The lowest BCUT2D eigenvalue weighted by Gasteiger charge is -2.09. The van der Waals surface area contributed by atoms with Gasteiger partial charge in [-0.2, -0.15) is 0 Å². The van der Waals surface area contributed by atoms with E-state index in [0.29, 0.717) is 28.5 Å². The van der Waals surface area contributed by atoms with Gasteiger partial charge in [-0.15, -0.1) is 0 Å². The van der Waals surface area contributed by atoms with Crippen LogP contribution in [0.4, 0.5) is 5.69 Å². The third-order valence-electron chi connectivity index (χ3n) is 3.93. The number of carbonyl (C=O) groups is 2. The molecule has 0 aliphatic carbocycles. The Morgan fingerprint density at radius 2 is 1.93 bits per heavy atom. The Morgan fingerprint density at radius 3 is 2.70 bits per heavy atom. The Bertz CT molecular complexity index is 965. The van der Waals surface area contributed by atoms with E-state index in [-0.39, 0.29) is 18.2 Å². The number of aromatic nitrogens is 1. The predicted molar refractivity (Wildman–Crippen MR) is 101 cm³/mol. The van der Waals surface area contributed by atoms with E-state index in [1.807, 2.05) is 24.3 Å². The fourth-order valence-corrected chi connectivity index (χ4v) is 2.59. The van der Waals surface area contributed by atoms with Gasteiger partial charge in [-0.05, 0) is 24.3 Å². The summed E-state index contributed by atoms with van der Waals surface area (Å²) in [5.74, 6) is 0.681. The number of anilines is 1. The lowest BCUT2D eigenvalue weighted by molar-refractivity contribution is -0.115. The molecule has 3 aromatic rings. The zero-order chi connectivity index (χ0) is 19.2. The van der Waals surface area contributed by atoms with Crippen LogP contribution in [-0.2, 0) is 11.2 Å². The van der Waals surface area contributed by atoms with Crippen LogP contribution in [0.15, 0.2) is 59.1 Å². The number of rotatable bonds is 6. The van der Waals surface area contributed by atoms with Crippen molar-refractivity contribution in [1.29, 1.82) is 0 Å².